The van der Waals surface area contributed by atoms with Gasteiger partial charge in [0, 0.05) is 5.69 Å². The number of hydrogen-bond acceptors (Lipinski definition) is 1. The standard InChI is InChI=1S/C11H16N2/c1-4-10-7-5-6-8(2)11(10)13-9(3)12/h5-7H,4H2,1-3H3,(H2,12,13). The summed E-state index contributed by atoms with van der Waals surface area (Å²) in [5.74, 6) is 0.490. The molecule has 0 saturated heterocycles. The first kappa shape index (κ1) is 9.78. The second-order valence-corrected chi connectivity index (χ2v) is 3.21. The van der Waals surface area contributed by atoms with Crippen LogP contribution in [0.15, 0.2) is 18.2 Å². The van der Waals surface area contributed by atoms with Crippen molar-refractivity contribution in [2.45, 2.75) is 27.2 Å². The molecular formula is C11H16N2. The summed E-state index contributed by atoms with van der Waals surface area (Å²) in [5, 5.41) is 10.5. The van der Waals surface area contributed by atoms with Gasteiger partial charge in [0.1, 0.15) is 0 Å². The number of benzene rings is 1. The van der Waals surface area contributed by atoms with Crippen molar-refractivity contribution in [1.29, 1.82) is 5.41 Å². The Labute approximate surface area is 79.5 Å². The lowest BCUT2D eigenvalue weighted by Gasteiger charge is -2.12. The van der Waals surface area contributed by atoms with E-state index in [1.807, 2.05) is 0 Å². The quantitative estimate of drug-likeness (QED) is 0.527. The largest absolute Gasteiger partial charge is 0.344 e. The molecule has 0 heterocycles. The molecule has 1 rings (SSSR count). The fraction of sp³-hybridized carbons (Fsp3) is 0.364. The molecule has 2 heteroatoms. The zero-order valence-electron chi connectivity index (χ0n) is 8.44. The number of anilines is 1. The van der Waals surface area contributed by atoms with Gasteiger partial charge in [-0.15, -0.1) is 0 Å². The Kier molecular flexibility index (Phi) is 3.07. The molecule has 0 unspecified atom stereocenters. The monoisotopic (exact) mass is 176 g/mol. The van der Waals surface area contributed by atoms with Crippen LogP contribution in [0.2, 0.25) is 0 Å². The van der Waals surface area contributed by atoms with E-state index in [0.717, 1.165) is 12.1 Å². The van der Waals surface area contributed by atoms with Crippen molar-refractivity contribution in [1.82, 2.24) is 0 Å². The van der Waals surface area contributed by atoms with Crippen LogP contribution in [-0.2, 0) is 6.42 Å². The van der Waals surface area contributed by atoms with Crippen LogP contribution in [0.4, 0.5) is 5.69 Å². The minimum absolute atomic E-state index is 0.490. The first-order valence-electron chi connectivity index (χ1n) is 4.55. The van der Waals surface area contributed by atoms with Crippen LogP contribution in [0, 0.1) is 12.3 Å². The first-order chi connectivity index (χ1) is 6.15. The van der Waals surface area contributed by atoms with Crippen LogP contribution in [-0.4, -0.2) is 5.84 Å². The van der Waals surface area contributed by atoms with E-state index < -0.39 is 0 Å². The Hall–Kier alpha value is -1.31. The Bertz CT molecular complexity index is 316. The fourth-order valence-electron chi connectivity index (χ4n) is 1.39. The van der Waals surface area contributed by atoms with Gasteiger partial charge in [0.25, 0.3) is 0 Å². The molecule has 0 atom stereocenters. The van der Waals surface area contributed by atoms with Crippen LogP contribution in [0.1, 0.15) is 25.0 Å². The van der Waals surface area contributed by atoms with Crippen molar-refractivity contribution >= 4 is 11.5 Å². The summed E-state index contributed by atoms with van der Waals surface area (Å²) in [6.07, 6.45) is 0.997. The molecule has 0 bridgehead atoms. The van der Waals surface area contributed by atoms with E-state index in [-0.39, 0.29) is 0 Å². The Balaban J connectivity index is 3.07. The maximum absolute atomic E-state index is 7.39. The minimum atomic E-state index is 0.490. The average Bonchev–Trinajstić information content (AvgIpc) is 2.08. The molecule has 2 nitrogen and oxygen atoms in total. The SMILES string of the molecule is CCc1cccc(C)c1NC(C)=N. The summed E-state index contributed by atoms with van der Waals surface area (Å²) in [5.41, 5.74) is 3.56. The highest BCUT2D eigenvalue weighted by Gasteiger charge is 2.02. The van der Waals surface area contributed by atoms with Gasteiger partial charge >= 0.3 is 0 Å². The lowest BCUT2D eigenvalue weighted by Crippen LogP contribution is -2.08. The molecule has 0 amide bonds. The summed E-state index contributed by atoms with van der Waals surface area (Å²) < 4.78 is 0. The second kappa shape index (κ2) is 4.08. The summed E-state index contributed by atoms with van der Waals surface area (Å²) >= 11 is 0. The number of amidine groups is 1. The molecule has 2 N–H and O–H groups in total. The Morgan fingerprint density at radius 2 is 2.15 bits per heavy atom. The number of hydrogen-bond donors (Lipinski definition) is 2. The van der Waals surface area contributed by atoms with Crippen LogP contribution in [0.25, 0.3) is 0 Å². The summed E-state index contributed by atoms with van der Waals surface area (Å²) in [6, 6.07) is 6.21. The highest BCUT2D eigenvalue weighted by Crippen LogP contribution is 2.20. The molecule has 0 aliphatic carbocycles. The smallest absolute Gasteiger partial charge is 0.0944 e. The zero-order chi connectivity index (χ0) is 9.84. The van der Waals surface area contributed by atoms with Gasteiger partial charge in [-0.2, -0.15) is 0 Å². The third-order valence-electron chi connectivity index (χ3n) is 2.05. The summed E-state index contributed by atoms with van der Waals surface area (Å²) in [4.78, 5) is 0. The zero-order valence-corrected chi connectivity index (χ0v) is 8.44. The van der Waals surface area contributed by atoms with Crippen molar-refractivity contribution in [2.24, 2.45) is 0 Å². The lowest BCUT2D eigenvalue weighted by atomic mass is 10.1. The molecule has 1 aromatic rings. The van der Waals surface area contributed by atoms with Crippen molar-refractivity contribution in [3.63, 3.8) is 0 Å². The van der Waals surface area contributed by atoms with Gasteiger partial charge < -0.3 is 5.32 Å². The lowest BCUT2D eigenvalue weighted by molar-refractivity contribution is 1.13. The predicted molar refractivity (Wildman–Crippen MR) is 57.6 cm³/mol. The molecule has 13 heavy (non-hydrogen) atoms. The third kappa shape index (κ3) is 2.31. The van der Waals surface area contributed by atoms with Crippen molar-refractivity contribution in [3.05, 3.63) is 29.3 Å². The predicted octanol–water partition coefficient (Wildman–Crippen LogP) is 2.97. The highest BCUT2D eigenvalue weighted by molar-refractivity contribution is 5.92. The van der Waals surface area contributed by atoms with Crippen molar-refractivity contribution < 1.29 is 0 Å². The van der Waals surface area contributed by atoms with E-state index in [2.05, 4.69) is 37.4 Å². The Morgan fingerprint density at radius 3 is 2.69 bits per heavy atom. The van der Waals surface area contributed by atoms with Crippen LogP contribution < -0.4 is 5.32 Å². The van der Waals surface area contributed by atoms with E-state index in [0.29, 0.717) is 5.84 Å². The number of para-hydroxylation sites is 1. The van der Waals surface area contributed by atoms with Gasteiger partial charge in [-0.1, -0.05) is 25.1 Å². The van der Waals surface area contributed by atoms with Gasteiger partial charge in [0.05, 0.1) is 5.84 Å². The molecule has 0 aromatic heterocycles. The van der Waals surface area contributed by atoms with E-state index in [1.54, 1.807) is 6.92 Å². The van der Waals surface area contributed by atoms with Crippen molar-refractivity contribution in [2.75, 3.05) is 5.32 Å². The highest BCUT2D eigenvalue weighted by atomic mass is 14.9. The van der Waals surface area contributed by atoms with Gasteiger partial charge in [-0.3, -0.25) is 5.41 Å². The molecule has 0 aliphatic rings. The van der Waals surface area contributed by atoms with E-state index in [1.165, 1.54) is 11.1 Å². The van der Waals surface area contributed by atoms with Crippen LogP contribution in [0.3, 0.4) is 0 Å². The molecule has 70 valence electrons. The van der Waals surface area contributed by atoms with E-state index >= 15 is 0 Å². The summed E-state index contributed by atoms with van der Waals surface area (Å²) in [7, 11) is 0. The first-order valence-corrected chi connectivity index (χ1v) is 4.55. The molecular weight excluding hydrogens is 160 g/mol. The topological polar surface area (TPSA) is 35.9 Å². The molecule has 0 radical (unpaired) electrons. The molecule has 0 spiro atoms. The number of aryl methyl sites for hydroxylation is 2. The maximum Gasteiger partial charge on any atom is 0.0944 e. The van der Waals surface area contributed by atoms with Gasteiger partial charge in [-0.25, -0.2) is 0 Å². The molecule has 0 saturated carbocycles. The Morgan fingerprint density at radius 1 is 1.46 bits per heavy atom. The maximum atomic E-state index is 7.39. The molecule has 1 aromatic carbocycles. The van der Waals surface area contributed by atoms with E-state index in [9.17, 15) is 0 Å². The van der Waals surface area contributed by atoms with Gasteiger partial charge in [0.2, 0.25) is 0 Å². The van der Waals surface area contributed by atoms with Gasteiger partial charge in [0.15, 0.2) is 0 Å². The minimum Gasteiger partial charge on any atom is -0.344 e. The molecule has 0 aliphatic heterocycles. The summed E-state index contributed by atoms with van der Waals surface area (Å²) in [6.45, 7) is 5.94. The van der Waals surface area contributed by atoms with Crippen molar-refractivity contribution in [3.8, 4) is 0 Å². The van der Waals surface area contributed by atoms with Gasteiger partial charge in [-0.05, 0) is 31.4 Å². The van der Waals surface area contributed by atoms with E-state index in [4.69, 9.17) is 5.41 Å². The third-order valence-corrected chi connectivity index (χ3v) is 2.05. The second-order valence-electron chi connectivity index (χ2n) is 3.21. The fourth-order valence-corrected chi connectivity index (χ4v) is 1.39. The number of nitrogens with one attached hydrogen (secondary N) is 2. The number of rotatable bonds is 2. The average molecular weight is 176 g/mol. The normalized spacial score (nSPS) is 9.77. The van der Waals surface area contributed by atoms with Crippen LogP contribution >= 0.6 is 0 Å². The van der Waals surface area contributed by atoms with Crippen LogP contribution in [0.5, 0.6) is 0 Å². The molecule has 0 fully saturated rings.